The maximum atomic E-state index is 5.93. The van der Waals surface area contributed by atoms with E-state index in [1.165, 1.54) is 0 Å². The molecule has 0 bridgehead atoms. The third-order valence-corrected chi connectivity index (χ3v) is 2.79. The van der Waals surface area contributed by atoms with Gasteiger partial charge in [0.2, 0.25) is 0 Å². The molecule has 0 aromatic carbocycles. The van der Waals surface area contributed by atoms with Crippen LogP contribution in [0.25, 0.3) is 0 Å². The third kappa shape index (κ3) is 9.61. The van der Waals surface area contributed by atoms with E-state index in [0.29, 0.717) is 18.6 Å². The first kappa shape index (κ1) is 16.9. The van der Waals surface area contributed by atoms with Gasteiger partial charge < -0.3 is 9.47 Å². The average Bonchev–Trinajstić information content (AvgIpc) is 2.09. The molecule has 0 spiro atoms. The highest BCUT2D eigenvalue weighted by atomic mass is 16.5. The van der Waals surface area contributed by atoms with Gasteiger partial charge in [-0.3, -0.25) is 0 Å². The monoisotopic (exact) mass is 244 g/mol. The summed E-state index contributed by atoms with van der Waals surface area (Å²) in [6.07, 6.45) is 1.81. The highest BCUT2D eigenvalue weighted by Crippen LogP contribution is 2.23. The average molecular weight is 244 g/mol. The first-order chi connectivity index (χ1) is 7.61. The molecule has 104 valence electrons. The fourth-order valence-electron chi connectivity index (χ4n) is 1.67. The van der Waals surface area contributed by atoms with E-state index in [4.69, 9.17) is 9.47 Å². The van der Waals surface area contributed by atoms with Crippen LogP contribution in [0.2, 0.25) is 0 Å². The van der Waals surface area contributed by atoms with Gasteiger partial charge in [-0.15, -0.1) is 0 Å². The van der Waals surface area contributed by atoms with Crippen molar-refractivity contribution in [3.8, 4) is 0 Å². The van der Waals surface area contributed by atoms with E-state index >= 15 is 0 Å². The summed E-state index contributed by atoms with van der Waals surface area (Å²) in [5, 5.41) is 0. The summed E-state index contributed by atoms with van der Waals surface area (Å²) in [5.41, 5.74) is 0.282. The molecular formula is C15H32O2. The van der Waals surface area contributed by atoms with Crippen LogP contribution in [0.1, 0.15) is 61.8 Å². The van der Waals surface area contributed by atoms with Crippen molar-refractivity contribution in [3.05, 3.63) is 0 Å². The second kappa shape index (κ2) is 7.38. The first-order valence-electron chi connectivity index (χ1n) is 6.89. The van der Waals surface area contributed by atoms with Gasteiger partial charge in [-0.05, 0) is 38.5 Å². The molecule has 0 radical (unpaired) electrons. The minimum absolute atomic E-state index is 0.205. The van der Waals surface area contributed by atoms with Crippen LogP contribution in [0.3, 0.4) is 0 Å². The van der Waals surface area contributed by atoms with E-state index in [0.717, 1.165) is 6.42 Å². The molecule has 0 heterocycles. The lowest BCUT2D eigenvalue weighted by Crippen LogP contribution is -2.31. The smallest absolute Gasteiger partial charge is 0.0817 e. The van der Waals surface area contributed by atoms with E-state index in [9.17, 15) is 0 Å². The van der Waals surface area contributed by atoms with Crippen LogP contribution in [0, 0.1) is 11.3 Å². The molecule has 2 unspecified atom stereocenters. The molecule has 0 N–H and O–H groups in total. The number of rotatable bonds is 7. The Kier molecular flexibility index (Phi) is 7.34. The fourth-order valence-corrected chi connectivity index (χ4v) is 1.67. The van der Waals surface area contributed by atoms with Crippen LogP contribution in [-0.2, 0) is 9.47 Å². The Morgan fingerprint density at radius 1 is 0.941 bits per heavy atom. The highest BCUT2D eigenvalue weighted by molar-refractivity contribution is 4.71. The van der Waals surface area contributed by atoms with Gasteiger partial charge in [0.05, 0.1) is 24.9 Å². The topological polar surface area (TPSA) is 18.5 Å². The Balaban J connectivity index is 4.20. The maximum absolute atomic E-state index is 5.93. The molecule has 0 amide bonds. The van der Waals surface area contributed by atoms with Crippen molar-refractivity contribution in [1.82, 2.24) is 0 Å². The summed E-state index contributed by atoms with van der Waals surface area (Å²) >= 11 is 0. The molecule has 0 saturated heterocycles. The molecule has 0 aromatic rings. The zero-order valence-corrected chi connectivity index (χ0v) is 13.0. The molecule has 17 heavy (non-hydrogen) atoms. The van der Waals surface area contributed by atoms with E-state index in [2.05, 4.69) is 55.4 Å². The minimum atomic E-state index is 0.205. The quantitative estimate of drug-likeness (QED) is 0.665. The summed E-state index contributed by atoms with van der Waals surface area (Å²) < 4.78 is 11.8. The third-order valence-electron chi connectivity index (χ3n) is 2.79. The molecule has 0 aliphatic carbocycles. The van der Waals surface area contributed by atoms with Crippen molar-refractivity contribution >= 4 is 0 Å². The second-order valence-electron chi connectivity index (χ2n) is 6.85. The molecule has 0 aliphatic rings. The lowest BCUT2D eigenvalue weighted by Gasteiger charge is -2.29. The van der Waals surface area contributed by atoms with Crippen molar-refractivity contribution in [2.24, 2.45) is 11.3 Å². The van der Waals surface area contributed by atoms with E-state index < -0.39 is 0 Å². The normalized spacial score (nSPS) is 16.6. The van der Waals surface area contributed by atoms with Crippen LogP contribution in [-0.4, -0.2) is 24.9 Å². The standard InChI is InChI=1S/C15H32O2/c1-11(2)13(5)16-10-14(17-12(3)4)9-15(6,7)8/h11-14H,9-10H2,1-8H3. The van der Waals surface area contributed by atoms with Crippen LogP contribution in [0.15, 0.2) is 0 Å². The molecule has 0 saturated carbocycles. The molecule has 2 heteroatoms. The van der Waals surface area contributed by atoms with Gasteiger partial charge in [-0.25, -0.2) is 0 Å². The van der Waals surface area contributed by atoms with Crippen molar-refractivity contribution < 1.29 is 9.47 Å². The summed E-state index contributed by atoms with van der Waals surface area (Å²) in [5.74, 6) is 0.560. The zero-order chi connectivity index (χ0) is 13.6. The van der Waals surface area contributed by atoms with Crippen molar-refractivity contribution in [1.29, 1.82) is 0 Å². The van der Waals surface area contributed by atoms with E-state index in [-0.39, 0.29) is 17.6 Å². The summed E-state index contributed by atoms with van der Waals surface area (Å²) in [4.78, 5) is 0. The predicted molar refractivity (Wildman–Crippen MR) is 74.3 cm³/mol. The van der Waals surface area contributed by atoms with Crippen LogP contribution < -0.4 is 0 Å². The lowest BCUT2D eigenvalue weighted by atomic mass is 9.89. The van der Waals surface area contributed by atoms with Gasteiger partial charge >= 0.3 is 0 Å². The SMILES string of the molecule is CC(C)OC(COC(C)C(C)C)CC(C)(C)C. The Labute approximate surface area is 108 Å². The summed E-state index contributed by atoms with van der Waals surface area (Å²) in [6.45, 7) is 18.1. The van der Waals surface area contributed by atoms with Gasteiger partial charge in [0, 0.05) is 0 Å². The molecule has 0 fully saturated rings. The van der Waals surface area contributed by atoms with E-state index in [1.54, 1.807) is 0 Å². The zero-order valence-electron chi connectivity index (χ0n) is 13.0. The van der Waals surface area contributed by atoms with E-state index in [1.807, 2.05) is 0 Å². The Hall–Kier alpha value is -0.0800. The second-order valence-corrected chi connectivity index (χ2v) is 6.85. The van der Waals surface area contributed by atoms with Gasteiger partial charge in [-0.2, -0.15) is 0 Å². The van der Waals surface area contributed by atoms with Crippen molar-refractivity contribution in [2.45, 2.75) is 80.1 Å². The van der Waals surface area contributed by atoms with Gasteiger partial charge in [0.25, 0.3) is 0 Å². The number of ether oxygens (including phenoxy) is 2. The fraction of sp³-hybridized carbons (Fsp3) is 1.00. The number of hydrogen-bond donors (Lipinski definition) is 0. The largest absolute Gasteiger partial charge is 0.376 e. The maximum Gasteiger partial charge on any atom is 0.0817 e. The van der Waals surface area contributed by atoms with Crippen LogP contribution in [0.5, 0.6) is 0 Å². The molecule has 0 aromatic heterocycles. The first-order valence-corrected chi connectivity index (χ1v) is 6.89. The lowest BCUT2D eigenvalue weighted by molar-refractivity contribution is -0.0827. The Bertz CT molecular complexity index is 192. The van der Waals surface area contributed by atoms with Gasteiger partial charge in [0.1, 0.15) is 0 Å². The van der Waals surface area contributed by atoms with Crippen molar-refractivity contribution in [2.75, 3.05) is 6.61 Å². The molecule has 2 nitrogen and oxygen atoms in total. The van der Waals surface area contributed by atoms with Crippen molar-refractivity contribution in [3.63, 3.8) is 0 Å². The van der Waals surface area contributed by atoms with Gasteiger partial charge in [-0.1, -0.05) is 34.6 Å². The minimum Gasteiger partial charge on any atom is -0.376 e. The van der Waals surface area contributed by atoms with Crippen LogP contribution in [0.4, 0.5) is 0 Å². The number of hydrogen-bond acceptors (Lipinski definition) is 2. The molecule has 0 aliphatic heterocycles. The Morgan fingerprint density at radius 2 is 1.47 bits per heavy atom. The Morgan fingerprint density at radius 3 is 1.82 bits per heavy atom. The molecule has 2 atom stereocenters. The predicted octanol–water partition coefficient (Wildman–Crippen LogP) is 4.28. The molecule has 0 rings (SSSR count). The van der Waals surface area contributed by atoms with Crippen LogP contribution >= 0.6 is 0 Å². The summed E-state index contributed by atoms with van der Waals surface area (Å²) in [6, 6.07) is 0. The van der Waals surface area contributed by atoms with Gasteiger partial charge in [0.15, 0.2) is 0 Å². The summed E-state index contributed by atoms with van der Waals surface area (Å²) in [7, 11) is 0. The molecular weight excluding hydrogens is 212 g/mol. The highest BCUT2D eigenvalue weighted by Gasteiger charge is 2.21.